The highest BCUT2D eigenvalue weighted by Gasteiger charge is 2.20. The van der Waals surface area contributed by atoms with Gasteiger partial charge in [-0.15, -0.1) is 0 Å². The molecule has 12 heteroatoms. The van der Waals surface area contributed by atoms with Crippen LogP contribution in [0.1, 0.15) is 5.56 Å². The van der Waals surface area contributed by atoms with Crippen molar-refractivity contribution in [2.75, 3.05) is 6.61 Å². The van der Waals surface area contributed by atoms with Crippen molar-refractivity contribution in [1.82, 2.24) is 24.5 Å². The van der Waals surface area contributed by atoms with Crippen molar-refractivity contribution in [1.29, 1.82) is 0 Å². The Hall–Kier alpha value is -4.48. The summed E-state index contributed by atoms with van der Waals surface area (Å²) in [5, 5.41) is 9.65. The Kier molecular flexibility index (Phi) is 6.24. The van der Waals surface area contributed by atoms with Crippen LogP contribution in [0.4, 0.5) is 17.6 Å². The molecule has 0 bridgehead atoms. The first-order valence-electron chi connectivity index (χ1n) is 11.0. The third kappa shape index (κ3) is 4.82. The Balaban J connectivity index is 1.74. The van der Waals surface area contributed by atoms with Crippen molar-refractivity contribution in [3.63, 3.8) is 0 Å². The lowest BCUT2D eigenvalue weighted by molar-refractivity contribution is -0.0498. The summed E-state index contributed by atoms with van der Waals surface area (Å²) >= 11 is 0. The van der Waals surface area contributed by atoms with E-state index in [-0.39, 0.29) is 22.7 Å². The van der Waals surface area contributed by atoms with Crippen molar-refractivity contribution >= 4 is 21.9 Å². The molecule has 0 atom stereocenters. The van der Waals surface area contributed by atoms with Crippen molar-refractivity contribution < 1.29 is 27.0 Å². The van der Waals surface area contributed by atoms with E-state index >= 15 is 0 Å². The van der Waals surface area contributed by atoms with E-state index in [0.717, 1.165) is 10.9 Å². The number of rotatable bonds is 7. The summed E-state index contributed by atoms with van der Waals surface area (Å²) in [5.74, 6) is -0.190. The lowest BCUT2D eigenvalue weighted by Crippen LogP contribution is -2.24. The minimum atomic E-state index is -3.01. The molecule has 0 saturated carbocycles. The normalized spacial score (nSPS) is 11.7. The second-order valence-corrected chi connectivity index (χ2v) is 8.22. The van der Waals surface area contributed by atoms with Gasteiger partial charge in [-0.3, -0.25) is 9.48 Å². The molecular formula is C25H19F4N5O3. The third-order valence-corrected chi connectivity index (χ3v) is 5.58. The van der Waals surface area contributed by atoms with E-state index in [4.69, 9.17) is 4.74 Å². The van der Waals surface area contributed by atoms with Crippen LogP contribution in [0, 0.1) is 6.92 Å². The molecule has 0 spiro atoms. The van der Waals surface area contributed by atoms with E-state index in [1.165, 1.54) is 35.0 Å². The number of alkyl halides is 4. The number of halogens is 4. The van der Waals surface area contributed by atoms with E-state index in [9.17, 15) is 22.4 Å². The van der Waals surface area contributed by atoms with Gasteiger partial charge in [0.25, 0.3) is 12.0 Å². The maximum atomic E-state index is 13.8. The number of ether oxygens (including phenoxy) is 2. The Morgan fingerprint density at radius 3 is 2.43 bits per heavy atom. The SMILES string of the molecule is Cc1cc(OCC(F)F)nc2c(-c3ccc(OC(F)F)cc3)c(=O)n(-c3ccc4nn(C)cc4c3)nc12. The minimum Gasteiger partial charge on any atom is -0.472 e. The molecule has 37 heavy (non-hydrogen) atoms. The van der Waals surface area contributed by atoms with E-state index < -0.39 is 25.2 Å². The Morgan fingerprint density at radius 2 is 1.73 bits per heavy atom. The molecule has 0 radical (unpaired) electrons. The largest absolute Gasteiger partial charge is 0.472 e. The van der Waals surface area contributed by atoms with Gasteiger partial charge in [0.1, 0.15) is 16.8 Å². The maximum Gasteiger partial charge on any atom is 0.387 e. The second-order valence-electron chi connectivity index (χ2n) is 8.22. The average Bonchev–Trinajstić information content (AvgIpc) is 3.22. The van der Waals surface area contributed by atoms with Crippen LogP contribution in [0.3, 0.4) is 0 Å². The lowest BCUT2D eigenvalue weighted by Gasteiger charge is -2.14. The predicted octanol–water partition coefficient (Wildman–Crippen LogP) is 4.89. The number of pyridine rings is 1. The van der Waals surface area contributed by atoms with Gasteiger partial charge in [0.2, 0.25) is 5.88 Å². The van der Waals surface area contributed by atoms with Gasteiger partial charge >= 0.3 is 6.61 Å². The van der Waals surface area contributed by atoms with Crippen LogP contribution in [-0.2, 0) is 7.05 Å². The van der Waals surface area contributed by atoms with Gasteiger partial charge in [-0.1, -0.05) is 12.1 Å². The quantitative estimate of drug-likeness (QED) is 0.288. The van der Waals surface area contributed by atoms with Gasteiger partial charge in [-0.05, 0) is 48.4 Å². The molecule has 0 unspecified atom stereocenters. The fourth-order valence-corrected chi connectivity index (χ4v) is 4.02. The van der Waals surface area contributed by atoms with Gasteiger partial charge in [0.05, 0.1) is 16.8 Å². The smallest absolute Gasteiger partial charge is 0.387 e. The molecule has 8 nitrogen and oxygen atoms in total. The minimum absolute atomic E-state index is 0.0884. The Labute approximate surface area is 206 Å². The molecule has 3 aromatic heterocycles. The molecule has 0 fully saturated rings. The van der Waals surface area contributed by atoms with Crippen molar-refractivity contribution in [3.05, 3.63) is 70.6 Å². The molecule has 0 N–H and O–H groups in total. The summed E-state index contributed by atoms with van der Waals surface area (Å²) in [6.45, 7) is -2.19. The highest BCUT2D eigenvalue weighted by atomic mass is 19.3. The van der Waals surface area contributed by atoms with Crippen molar-refractivity contribution in [2.24, 2.45) is 7.05 Å². The first-order valence-corrected chi connectivity index (χ1v) is 11.0. The molecule has 190 valence electrons. The summed E-state index contributed by atoms with van der Waals surface area (Å²) in [6.07, 6.45) is -0.916. The first-order chi connectivity index (χ1) is 17.7. The van der Waals surface area contributed by atoms with Crippen LogP contribution in [0.25, 0.3) is 38.8 Å². The van der Waals surface area contributed by atoms with Gasteiger partial charge < -0.3 is 9.47 Å². The van der Waals surface area contributed by atoms with E-state index in [2.05, 4.69) is 19.9 Å². The van der Waals surface area contributed by atoms with Gasteiger partial charge in [0.15, 0.2) is 6.61 Å². The van der Waals surface area contributed by atoms with Crippen molar-refractivity contribution in [2.45, 2.75) is 20.0 Å². The average molecular weight is 513 g/mol. The van der Waals surface area contributed by atoms with Crippen LogP contribution < -0.4 is 15.0 Å². The molecule has 3 heterocycles. The van der Waals surface area contributed by atoms with Crippen LogP contribution in [0.5, 0.6) is 11.6 Å². The van der Waals surface area contributed by atoms with Crippen molar-refractivity contribution in [3.8, 4) is 28.4 Å². The topological polar surface area (TPSA) is 84.1 Å². The van der Waals surface area contributed by atoms with E-state index in [1.807, 2.05) is 0 Å². The molecule has 2 aromatic carbocycles. The fraction of sp³-hybridized carbons (Fsp3) is 0.200. The number of aromatic nitrogens is 5. The molecule has 0 saturated heterocycles. The van der Waals surface area contributed by atoms with Gasteiger partial charge in [0, 0.05) is 24.7 Å². The number of hydrogen-bond donors (Lipinski definition) is 0. The summed E-state index contributed by atoms with van der Waals surface area (Å²) in [5.41, 5.74) is 2.05. The predicted molar refractivity (Wildman–Crippen MR) is 128 cm³/mol. The number of hydrogen-bond acceptors (Lipinski definition) is 6. The summed E-state index contributed by atoms with van der Waals surface area (Å²) < 4.78 is 63.1. The molecule has 0 aliphatic rings. The molecule has 0 aliphatic carbocycles. The fourth-order valence-electron chi connectivity index (χ4n) is 4.02. The van der Waals surface area contributed by atoms with E-state index in [1.54, 1.807) is 43.0 Å². The number of benzene rings is 2. The summed E-state index contributed by atoms with van der Waals surface area (Å²) in [4.78, 5) is 18.1. The standard InChI is InChI=1S/C25H19F4N5O3/c1-13-9-20(36-12-19(26)27)30-23-21(14-3-6-17(7-4-14)37-25(28)29)24(35)34(32-22(13)23)16-5-8-18-15(10-16)11-33(2)31-18/h3-11,19,25H,12H2,1-2H3. The molecule has 5 rings (SSSR count). The monoisotopic (exact) mass is 513 g/mol. The zero-order chi connectivity index (χ0) is 26.3. The number of aryl methyl sites for hydroxylation is 2. The highest BCUT2D eigenvalue weighted by molar-refractivity contribution is 5.93. The zero-order valence-electron chi connectivity index (χ0n) is 19.5. The third-order valence-electron chi connectivity index (χ3n) is 5.58. The van der Waals surface area contributed by atoms with E-state index in [0.29, 0.717) is 22.3 Å². The second kappa shape index (κ2) is 9.52. The van der Waals surface area contributed by atoms with Crippen LogP contribution >= 0.6 is 0 Å². The molecular weight excluding hydrogens is 494 g/mol. The Morgan fingerprint density at radius 1 is 0.973 bits per heavy atom. The van der Waals surface area contributed by atoms with Crippen LogP contribution in [0.15, 0.2) is 59.5 Å². The lowest BCUT2D eigenvalue weighted by atomic mass is 10.0. The summed E-state index contributed by atoms with van der Waals surface area (Å²) in [7, 11) is 1.78. The number of nitrogens with zero attached hydrogens (tertiary/aromatic N) is 5. The van der Waals surface area contributed by atoms with Crippen LogP contribution in [-0.4, -0.2) is 44.2 Å². The number of fused-ring (bicyclic) bond motifs is 2. The summed E-state index contributed by atoms with van der Waals surface area (Å²) in [6, 6.07) is 12.1. The Bertz CT molecular complexity index is 1670. The molecule has 5 aromatic rings. The zero-order valence-corrected chi connectivity index (χ0v) is 19.5. The van der Waals surface area contributed by atoms with Gasteiger partial charge in [-0.2, -0.15) is 23.7 Å². The first kappa shape index (κ1) is 24.2. The maximum absolute atomic E-state index is 13.8. The molecule has 0 amide bonds. The van der Waals surface area contributed by atoms with Gasteiger partial charge in [-0.25, -0.2) is 13.8 Å². The highest BCUT2D eigenvalue weighted by Crippen LogP contribution is 2.30. The molecule has 0 aliphatic heterocycles. The van der Waals surface area contributed by atoms with Crippen LogP contribution in [0.2, 0.25) is 0 Å².